The monoisotopic (exact) mass is 330 g/mol. The van der Waals surface area contributed by atoms with Gasteiger partial charge >= 0.3 is 0 Å². The van der Waals surface area contributed by atoms with E-state index in [2.05, 4.69) is 33.9 Å². The lowest BCUT2D eigenvalue weighted by Gasteiger charge is -2.35. The Bertz CT molecular complexity index is 209. The summed E-state index contributed by atoms with van der Waals surface area (Å²) in [5, 5.41) is 0.196. The smallest absolute Gasteiger partial charge is 0.192 e. The van der Waals surface area contributed by atoms with Crippen LogP contribution in [0.25, 0.3) is 0 Å². The molecule has 0 aromatic carbocycles. The second-order valence-electron chi connectivity index (χ2n) is 4.86. The van der Waals surface area contributed by atoms with Gasteiger partial charge in [-0.15, -0.1) is 0 Å². The summed E-state index contributed by atoms with van der Waals surface area (Å²) in [6.45, 7) is 11.3. The first kappa shape index (κ1) is 14.6. The Labute approximate surface area is 101 Å². The van der Waals surface area contributed by atoms with Crippen LogP contribution in [0.2, 0.25) is 18.1 Å². The Morgan fingerprint density at radius 3 is 2.29 bits per heavy atom. The molecule has 84 valence electrons. The predicted molar refractivity (Wildman–Crippen MR) is 71.2 cm³/mol. The Kier molecular flexibility index (Phi) is 5.83. The van der Waals surface area contributed by atoms with Gasteiger partial charge in [0.1, 0.15) is 5.83 Å². The molecule has 0 aliphatic carbocycles. The quantitative estimate of drug-likeness (QED) is 0.424. The fourth-order valence-electron chi connectivity index (χ4n) is 0.611. The van der Waals surface area contributed by atoms with Crippen molar-refractivity contribution in [3.8, 4) is 0 Å². The van der Waals surface area contributed by atoms with Gasteiger partial charge in [-0.1, -0.05) is 43.4 Å². The largest absolute Gasteiger partial charge is 0.413 e. The summed E-state index contributed by atoms with van der Waals surface area (Å²) in [7, 11) is -1.70. The van der Waals surface area contributed by atoms with Crippen molar-refractivity contribution in [1.29, 1.82) is 0 Å². The second-order valence-corrected chi connectivity index (χ2v) is 10.4. The Hall–Kier alpha value is 0.577. The zero-order valence-electron chi connectivity index (χ0n) is 9.66. The Morgan fingerprint density at radius 1 is 1.43 bits per heavy atom. The van der Waals surface area contributed by atoms with E-state index in [0.717, 1.165) is 0 Å². The summed E-state index contributed by atoms with van der Waals surface area (Å²) in [6.07, 6.45) is 1.53. The molecular weight excluding hydrogens is 310 g/mol. The van der Waals surface area contributed by atoms with E-state index in [9.17, 15) is 4.39 Å². The van der Waals surface area contributed by atoms with Gasteiger partial charge < -0.3 is 4.43 Å². The Balaban J connectivity index is 4.14. The summed E-state index contributed by atoms with van der Waals surface area (Å²) in [4.78, 5) is 0. The molecule has 0 bridgehead atoms. The van der Waals surface area contributed by atoms with Crippen LogP contribution in [0.3, 0.4) is 0 Å². The molecule has 0 heterocycles. The minimum Gasteiger partial charge on any atom is -0.413 e. The number of hydrogen-bond acceptors (Lipinski definition) is 1. The van der Waals surface area contributed by atoms with Gasteiger partial charge in [-0.05, 0) is 24.2 Å². The van der Waals surface area contributed by atoms with Crippen LogP contribution in [0.1, 0.15) is 20.8 Å². The summed E-state index contributed by atoms with van der Waals surface area (Å²) in [5.74, 6) is -0.0932. The molecule has 0 spiro atoms. The molecule has 0 fully saturated rings. The summed E-state index contributed by atoms with van der Waals surface area (Å²) >= 11 is 2.00. The zero-order chi connectivity index (χ0) is 11.4. The van der Waals surface area contributed by atoms with E-state index in [0.29, 0.717) is 11.0 Å². The molecule has 0 aliphatic rings. The van der Waals surface area contributed by atoms with Crippen molar-refractivity contribution >= 4 is 30.9 Å². The van der Waals surface area contributed by atoms with Crippen LogP contribution < -0.4 is 0 Å². The van der Waals surface area contributed by atoms with E-state index >= 15 is 0 Å². The average molecular weight is 330 g/mol. The van der Waals surface area contributed by atoms with E-state index in [1.807, 2.05) is 22.6 Å². The molecule has 0 N–H and O–H groups in total. The van der Waals surface area contributed by atoms with Crippen LogP contribution in [0.4, 0.5) is 4.39 Å². The summed E-state index contributed by atoms with van der Waals surface area (Å²) in [6, 6.07) is 0. The van der Waals surface area contributed by atoms with E-state index in [1.54, 1.807) is 0 Å². The fourth-order valence-corrected chi connectivity index (χ4v) is 1.86. The number of hydrogen-bond donors (Lipinski definition) is 0. The highest BCUT2D eigenvalue weighted by molar-refractivity contribution is 14.1. The minimum absolute atomic E-state index is 0.0932. The van der Waals surface area contributed by atoms with E-state index in [-0.39, 0.29) is 10.9 Å². The van der Waals surface area contributed by atoms with Crippen molar-refractivity contribution in [3.63, 3.8) is 0 Å². The van der Waals surface area contributed by atoms with Crippen LogP contribution >= 0.6 is 22.6 Å². The maximum absolute atomic E-state index is 12.8. The standard InChI is InChI=1S/C10H20FIOSi/c1-10(2,3)14(4,5)13-7-6-9(11)8-12/h6H,7-8H2,1-5H3/b9-6+. The predicted octanol–water partition coefficient (Wildman–Crippen LogP) is 4.30. The highest BCUT2D eigenvalue weighted by atomic mass is 127. The molecule has 0 aromatic rings. The van der Waals surface area contributed by atoms with Gasteiger partial charge in [-0.3, -0.25) is 0 Å². The maximum atomic E-state index is 12.8. The molecule has 0 saturated carbocycles. The van der Waals surface area contributed by atoms with E-state index < -0.39 is 8.32 Å². The van der Waals surface area contributed by atoms with Crippen molar-refractivity contribution in [1.82, 2.24) is 0 Å². The summed E-state index contributed by atoms with van der Waals surface area (Å²) < 4.78 is 19.0. The van der Waals surface area contributed by atoms with Crippen LogP contribution in [0.5, 0.6) is 0 Å². The molecule has 0 rings (SSSR count). The van der Waals surface area contributed by atoms with Gasteiger partial charge in [0, 0.05) is 0 Å². The first-order valence-corrected chi connectivity index (χ1v) is 9.18. The molecule has 0 atom stereocenters. The number of halogens is 2. The topological polar surface area (TPSA) is 9.23 Å². The van der Waals surface area contributed by atoms with E-state index in [4.69, 9.17) is 4.43 Å². The second kappa shape index (κ2) is 5.60. The SMILES string of the molecule is CC(C)(C)[Si](C)(C)OC/C=C(/F)CI. The lowest BCUT2D eigenvalue weighted by Crippen LogP contribution is -2.40. The lowest BCUT2D eigenvalue weighted by atomic mass is 10.2. The highest BCUT2D eigenvalue weighted by Crippen LogP contribution is 2.36. The first-order chi connectivity index (χ1) is 6.20. The molecule has 14 heavy (non-hydrogen) atoms. The van der Waals surface area contributed by atoms with E-state index in [1.165, 1.54) is 6.08 Å². The van der Waals surface area contributed by atoms with Crippen molar-refractivity contribution in [2.45, 2.75) is 38.9 Å². The molecule has 4 heteroatoms. The molecule has 0 amide bonds. The first-order valence-electron chi connectivity index (χ1n) is 4.75. The third-order valence-corrected chi connectivity index (χ3v) is 7.91. The minimum atomic E-state index is -1.70. The molecule has 1 nitrogen and oxygen atoms in total. The molecule has 0 aromatic heterocycles. The highest BCUT2D eigenvalue weighted by Gasteiger charge is 2.36. The fraction of sp³-hybridized carbons (Fsp3) is 0.800. The van der Waals surface area contributed by atoms with Crippen molar-refractivity contribution in [2.75, 3.05) is 11.0 Å². The van der Waals surface area contributed by atoms with Crippen LogP contribution in [-0.4, -0.2) is 19.4 Å². The number of alkyl halides is 1. The number of allylic oxidation sites excluding steroid dienone is 1. The molecular formula is C10H20FIOSi. The zero-order valence-corrected chi connectivity index (χ0v) is 12.8. The molecule has 0 aliphatic heterocycles. The van der Waals surface area contributed by atoms with Crippen LogP contribution in [0, 0.1) is 0 Å². The van der Waals surface area contributed by atoms with Gasteiger partial charge in [-0.25, -0.2) is 4.39 Å². The van der Waals surface area contributed by atoms with Gasteiger partial charge in [0.2, 0.25) is 0 Å². The van der Waals surface area contributed by atoms with Gasteiger partial charge in [-0.2, -0.15) is 0 Å². The third kappa shape index (κ3) is 4.88. The van der Waals surface area contributed by atoms with Crippen molar-refractivity contribution in [3.05, 3.63) is 11.9 Å². The van der Waals surface area contributed by atoms with Crippen molar-refractivity contribution < 1.29 is 8.82 Å². The maximum Gasteiger partial charge on any atom is 0.192 e. The van der Waals surface area contributed by atoms with Gasteiger partial charge in [0.05, 0.1) is 11.0 Å². The molecule has 0 saturated heterocycles. The average Bonchev–Trinajstić information content (AvgIpc) is 2.01. The van der Waals surface area contributed by atoms with Crippen LogP contribution in [0.15, 0.2) is 11.9 Å². The van der Waals surface area contributed by atoms with Crippen molar-refractivity contribution in [2.24, 2.45) is 0 Å². The summed E-state index contributed by atoms with van der Waals surface area (Å²) in [5.41, 5.74) is 0. The van der Waals surface area contributed by atoms with Gasteiger partial charge in [0.15, 0.2) is 8.32 Å². The lowest BCUT2D eigenvalue weighted by molar-refractivity contribution is 0.325. The van der Waals surface area contributed by atoms with Gasteiger partial charge in [0.25, 0.3) is 0 Å². The normalized spacial score (nSPS) is 14.6. The van der Waals surface area contributed by atoms with Crippen LogP contribution in [-0.2, 0) is 4.43 Å². The molecule has 0 unspecified atom stereocenters. The number of rotatable bonds is 4. The Morgan fingerprint density at radius 2 is 1.93 bits per heavy atom. The third-order valence-electron chi connectivity index (χ3n) is 2.68. The molecule has 0 radical (unpaired) electrons.